The van der Waals surface area contributed by atoms with E-state index in [4.69, 9.17) is 0 Å². The number of unbranched alkanes of at least 4 members (excludes halogenated alkanes) is 1. The SMILES string of the molecule is O=c1[nH]c2ccc(CCCCN3CCN(c4ccc(F)cc4)CC3)cc2s1. The fraction of sp³-hybridized carbons (Fsp3) is 0.381. The third-order valence-electron chi connectivity index (χ3n) is 5.24. The molecule has 27 heavy (non-hydrogen) atoms. The Labute approximate surface area is 162 Å². The van der Waals surface area contributed by atoms with Gasteiger partial charge < -0.3 is 9.88 Å². The lowest BCUT2D eigenvalue weighted by Crippen LogP contribution is -2.46. The Morgan fingerprint density at radius 2 is 1.78 bits per heavy atom. The lowest BCUT2D eigenvalue weighted by atomic mass is 10.1. The minimum Gasteiger partial charge on any atom is -0.369 e. The van der Waals surface area contributed by atoms with Crippen molar-refractivity contribution < 1.29 is 4.39 Å². The minimum absolute atomic E-state index is 0.0157. The zero-order chi connectivity index (χ0) is 18.6. The van der Waals surface area contributed by atoms with E-state index in [9.17, 15) is 9.18 Å². The largest absolute Gasteiger partial charge is 0.369 e. The van der Waals surface area contributed by atoms with Gasteiger partial charge >= 0.3 is 4.87 Å². The molecule has 1 aliphatic heterocycles. The standard InChI is InChI=1S/C21H24FN3OS/c22-17-5-7-18(8-6-17)25-13-11-24(12-14-25)10-2-1-3-16-4-9-19-20(15-16)27-21(26)23-19/h4-9,15H,1-3,10-14H2,(H,23,26). The van der Waals surface area contributed by atoms with E-state index in [0.29, 0.717) is 0 Å². The van der Waals surface area contributed by atoms with Crippen LogP contribution in [0.4, 0.5) is 10.1 Å². The molecule has 1 aliphatic rings. The quantitative estimate of drug-likeness (QED) is 0.655. The highest BCUT2D eigenvalue weighted by molar-refractivity contribution is 7.16. The number of aryl methyl sites for hydroxylation is 1. The zero-order valence-corrected chi connectivity index (χ0v) is 16.1. The number of fused-ring (bicyclic) bond motifs is 1. The van der Waals surface area contributed by atoms with E-state index >= 15 is 0 Å². The van der Waals surface area contributed by atoms with E-state index in [-0.39, 0.29) is 10.7 Å². The van der Waals surface area contributed by atoms with Gasteiger partial charge in [0.1, 0.15) is 5.82 Å². The first-order chi connectivity index (χ1) is 13.2. The van der Waals surface area contributed by atoms with Gasteiger partial charge in [-0.15, -0.1) is 0 Å². The summed E-state index contributed by atoms with van der Waals surface area (Å²) in [7, 11) is 0. The molecule has 6 heteroatoms. The van der Waals surface area contributed by atoms with Gasteiger partial charge in [-0.05, 0) is 67.8 Å². The lowest BCUT2D eigenvalue weighted by Gasteiger charge is -2.36. The molecule has 1 N–H and O–H groups in total. The summed E-state index contributed by atoms with van der Waals surface area (Å²) in [6.45, 7) is 5.22. The third-order valence-corrected chi connectivity index (χ3v) is 6.08. The molecule has 0 radical (unpaired) electrons. The maximum Gasteiger partial charge on any atom is 0.305 e. The van der Waals surface area contributed by atoms with Crippen molar-refractivity contribution in [3.05, 3.63) is 63.5 Å². The van der Waals surface area contributed by atoms with Gasteiger partial charge in [0, 0.05) is 31.9 Å². The number of benzene rings is 2. The number of rotatable bonds is 6. The molecule has 1 aromatic heterocycles. The first-order valence-corrected chi connectivity index (χ1v) is 10.3. The molecule has 4 nitrogen and oxygen atoms in total. The highest BCUT2D eigenvalue weighted by Gasteiger charge is 2.16. The van der Waals surface area contributed by atoms with Crippen LogP contribution in [-0.2, 0) is 6.42 Å². The summed E-state index contributed by atoms with van der Waals surface area (Å²) < 4.78 is 14.1. The molecule has 0 atom stereocenters. The second-order valence-electron chi connectivity index (χ2n) is 7.11. The molecule has 0 unspecified atom stereocenters. The molecule has 1 fully saturated rings. The van der Waals surface area contributed by atoms with E-state index in [1.54, 1.807) is 0 Å². The van der Waals surface area contributed by atoms with Crippen molar-refractivity contribution in [1.82, 2.24) is 9.88 Å². The molecule has 0 saturated carbocycles. The number of aromatic nitrogens is 1. The van der Waals surface area contributed by atoms with E-state index in [1.807, 2.05) is 18.2 Å². The zero-order valence-electron chi connectivity index (χ0n) is 15.3. The Hall–Kier alpha value is -2.18. The second kappa shape index (κ2) is 8.23. The maximum atomic E-state index is 13.0. The predicted octanol–water partition coefficient (Wildman–Crippen LogP) is 3.87. The van der Waals surface area contributed by atoms with Gasteiger partial charge in [-0.2, -0.15) is 0 Å². The predicted molar refractivity (Wildman–Crippen MR) is 110 cm³/mol. The molecule has 0 aliphatic carbocycles. The second-order valence-corrected chi connectivity index (χ2v) is 8.12. The van der Waals surface area contributed by atoms with E-state index in [0.717, 1.165) is 61.5 Å². The van der Waals surface area contributed by atoms with Crippen LogP contribution in [0.25, 0.3) is 10.2 Å². The number of piperazine rings is 1. The van der Waals surface area contributed by atoms with Gasteiger partial charge in [-0.1, -0.05) is 17.4 Å². The molecule has 3 aromatic rings. The molecule has 0 bridgehead atoms. The minimum atomic E-state index is -0.179. The van der Waals surface area contributed by atoms with Crippen LogP contribution in [0, 0.1) is 5.82 Å². The van der Waals surface area contributed by atoms with Crippen LogP contribution in [0.2, 0.25) is 0 Å². The first-order valence-electron chi connectivity index (χ1n) is 9.52. The Kier molecular flexibility index (Phi) is 5.55. The molecule has 4 rings (SSSR count). The summed E-state index contributed by atoms with van der Waals surface area (Å²) in [5.74, 6) is -0.179. The van der Waals surface area contributed by atoms with Gasteiger partial charge in [0.15, 0.2) is 0 Å². The van der Waals surface area contributed by atoms with Crippen molar-refractivity contribution >= 4 is 27.2 Å². The monoisotopic (exact) mass is 385 g/mol. The van der Waals surface area contributed by atoms with Crippen molar-refractivity contribution in [2.75, 3.05) is 37.6 Å². The van der Waals surface area contributed by atoms with Crippen LogP contribution in [0.1, 0.15) is 18.4 Å². The lowest BCUT2D eigenvalue weighted by molar-refractivity contribution is 0.253. The van der Waals surface area contributed by atoms with Gasteiger partial charge in [0.05, 0.1) is 10.2 Å². The smallest absolute Gasteiger partial charge is 0.305 e. The van der Waals surface area contributed by atoms with Crippen LogP contribution >= 0.6 is 11.3 Å². The Bertz CT molecular complexity index is 942. The first kappa shape index (κ1) is 18.2. The normalized spacial score (nSPS) is 15.5. The summed E-state index contributed by atoms with van der Waals surface area (Å²) in [4.78, 5) is 19.1. The van der Waals surface area contributed by atoms with Crippen molar-refractivity contribution in [1.29, 1.82) is 0 Å². The summed E-state index contributed by atoms with van der Waals surface area (Å²) in [6, 6.07) is 13.1. The molecular weight excluding hydrogens is 361 g/mol. The third kappa shape index (κ3) is 4.57. The highest BCUT2D eigenvalue weighted by atomic mass is 32.1. The molecule has 0 spiro atoms. The number of thiazole rings is 1. The molecule has 2 aromatic carbocycles. The number of anilines is 1. The highest BCUT2D eigenvalue weighted by Crippen LogP contribution is 2.19. The molecule has 0 amide bonds. The number of halogens is 1. The van der Waals surface area contributed by atoms with Crippen molar-refractivity contribution in [2.45, 2.75) is 19.3 Å². The van der Waals surface area contributed by atoms with Crippen molar-refractivity contribution in [3.63, 3.8) is 0 Å². The molecule has 2 heterocycles. The number of nitrogens with zero attached hydrogens (tertiary/aromatic N) is 2. The fourth-order valence-electron chi connectivity index (χ4n) is 3.69. The number of hydrogen-bond acceptors (Lipinski definition) is 4. The number of H-pyrrole nitrogens is 1. The maximum absolute atomic E-state index is 13.0. The summed E-state index contributed by atoms with van der Waals surface area (Å²) >= 11 is 1.28. The Morgan fingerprint density at radius 3 is 2.56 bits per heavy atom. The summed E-state index contributed by atoms with van der Waals surface area (Å²) in [5.41, 5.74) is 3.35. The van der Waals surface area contributed by atoms with Crippen LogP contribution in [0.5, 0.6) is 0 Å². The Balaban J connectivity index is 1.19. The van der Waals surface area contributed by atoms with Gasteiger partial charge in [0.2, 0.25) is 0 Å². The van der Waals surface area contributed by atoms with Crippen LogP contribution in [-0.4, -0.2) is 42.6 Å². The van der Waals surface area contributed by atoms with E-state index in [2.05, 4.69) is 26.9 Å². The summed E-state index contributed by atoms with van der Waals surface area (Å²) in [5, 5.41) is 0. The van der Waals surface area contributed by atoms with E-state index in [1.165, 1.54) is 35.5 Å². The van der Waals surface area contributed by atoms with Crippen LogP contribution in [0.3, 0.4) is 0 Å². The van der Waals surface area contributed by atoms with Gasteiger partial charge in [-0.25, -0.2) is 4.39 Å². The van der Waals surface area contributed by atoms with Crippen molar-refractivity contribution in [2.24, 2.45) is 0 Å². The van der Waals surface area contributed by atoms with Crippen LogP contribution in [0.15, 0.2) is 47.3 Å². The molecular formula is C21H24FN3OS. The number of nitrogens with one attached hydrogen (secondary N) is 1. The number of aromatic amines is 1. The van der Waals surface area contributed by atoms with Crippen LogP contribution < -0.4 is 9.77 Å². The van der Waals surface area contributed by atoms with Crippen molar-refractivity contribution in [3.8, 4) is 0 Å². The summed E-state index contributed by atoms with van der Waals surface area (Å²) in [6.07, 6.45) is 3.39. The number of hydrogen-bond donors (Lipinski definition) is 1. The Morgan fingerprint density at radius 1 is 1.00 bits per heavy atom. The van der Waals surface area contributed by atoms with E-state index < -0.39 is 0 Å². The average molecular weight is 386 g/mol. The molecule has 142 valence electrons. The molecule has 1 saturated heterocycles. The average Bonchev–Trinajstić information content (AvgIpc) is 3.06. The van der Waals surface area contributed by atoms with Gasteiger partial charge in [-0.3, -0.25) is 9.69 Å². The fourth-order valence-corrected chi connectivity index (χ4v) is 4.49. The topological polar surface area (TPSA) is 39.3 Å². The van der Waals surface area contributed by atoms with Gasteiger partial charge in [0.25, 0.3) is 0 Å².